The van der Waals surface area contributed by atoms with Gasteiger partial charge < -0.3 is 9.15 Å². The smallest absolute Gasteiger partial charge is 0.339 e. The highest BCUT2D eigenvalue weighted by Crippen LogP contribution is 2.28. The molecule has 0 aliphatic carbocycles. The molecule has 5 heteroatoms. The summed E-state index contributed by atoms with van der Waals surface area (Å²) in [6.07, 6.45) is 1.68. The van der Waals surface area contributed by atoms with Crippen molar-refractivity contribution in [2.24, 2.45) is 0 Å². The lowest BCUT2D eigenvalue weighted by Gasteiger charge is -2.06. The predicted molar refractivity (Wildman–Crippen MR) is 74.1 cm³/mol. The quantitative estimate of drug-likeness (QED) is 0.669. The van der Waals surface area contributed by atoms with E-state index in [1.807, 2.05) is 24.4 Å². The summed E-state index contributed by atoms with van der Waals surface area (Å²) in [5.74, 6) is 0.605. The first kappa shape index (κ1) is 11.9. The second kappa shape index (κ2) is 4.51. The zero-order valence-electron chi connectivity index (χ0n) is 10.5. The molecular weight excluding hydrogens is 262 g/mol. The zero-order chi connectivity index (χ0) is 13.4. The largest absolute Gasteiger partial charge is 0.431 e. The van der Waals surface area contributed by atoms with Crippen molar-refractivity contribution in [3.8, 4) is 10.9 Å². The lowest BCUT2D eigenvalue weighted by atomic mass is 10.1. The molecular formula is C14H11NO3S. The van der Waals surface area contributed by atoms with Gasteiger partial charge in [-0.05, 0) is 31.5 Å². The third-order valence-corrected chi connectivity index (χ3v) is 3.69. The third-order valence-electron chi connectivity index (χ3n) is 3.04. The van der Waals surface area contributed by atoms with Crippen LogP contribution >= 0.6 is 11.3 Å². The second-order valence-electron chi connectivity index (χ2n) is 4.20. The maximum absolute atomic E-state index is 11.7. The van der Waals surface area contributed by atoms with Gasteiger partial charge >= 0.3 is 5.63 Å². The maximum Gasteiger partial charge on any atom is 0.339 e. The van der Waals surface area contributed by atoms with Crippen LogP contribution in [0.3, 0.4) is 0 Å². The Bertz CT molecular complexity index is 790. The van der Waals surface area contributed by atoms with Gasteiger partial charge in [0.25, 0.3) is 5.19 Å². The number of hydrogen-bond acceptors (Lipinski definition) is 5. The van der Waals surface area contributed by atoms with Crippen LogP contribution in [0.4, 0.5) is 0 Å². The molecule has 0 fully saturated rings. The van der Waals surface area contributed by atoms with Crippen LogP contribution in [0.2, 0.25) is 0 Å². The van der Waals surface area contributed by atoms with Crippen molar-refractivity contribution in [2.45, 2.75) is 13.8 Å². The molecule has 0 aliphatic heterocycles. The highest BCUT2D eigenvalue weighted by Gasteiger charge is 2.09. The van der Waals surface area contributed by atoms with Crippen molar-refractivity contribution in [1.29, 1.82) is 0 Å². The topological polar surface area (TPSA) is 52.3 Å². The molecule has 0 unspecified atom stereocenters. The lowest BCUT2D eigenvalue weighted by molar-refractivity contribution is 0.476. The summed E-state index contributed by atoms with van der Waals surface area (Å²) in [5.41, 5.74) is 1.80. The summed E-state index contributed by atoms with van der Waals surface area (Å²) >= 11 is 1.41. The molecule has 4 nitrogen and oxygen atoms in total. The molecule has 0 amide bonds. The van der Waals surface area contributed by atoms with Crippen molar-refractivity contribution in [2.75, 3.05) is 0 Å². The number of benzene rings is 1. The van der Waals surface area contributed by atoms with Crippen LogP contribution in [-0.2, 0) is 0 Å². The average Bonchev–Trinajstić information content (AvgIpc) is 2.89. The molecule has 0 saturated heterocycles. The van der Waals surface area contributed by atoms with Gasteiger partial charge in [-0.25, -0.2) is 9.78 Å². The van der Waals surface area contributed by atoms with Crippen molar-refractivity contribution in [3.63, 3.8) is 0 Å². The fourth-order valence-electron chi connectivity index (χ4n) is 1.85. The second-order valence-corrected chi connectivity index (χ2v) is 5.05. The Labute approximate surface area is 113 Å². The predicted octanol–water partition coefficient (Wildman–Crippen LogP) is 3.66. The molecule has 0 atom stereocenters. The number of thiazole rings is 1. The molecule has 0 spiro atoms. The van der Waals surface area contributed by atoms with Crippen LogP contribution in [-0.4, -0.2) is 4.98 Å². The molecule has 2 aromatic heterocycles. The Hall–Kier alpha value is -2.14. The Balaban J connectivity index is 2.11. The van der Waals surface area contributed by atoms with E-state index in [0.29, 0.717) is 22.1 Å². The van der Waals surface area contributed by atoms with Crippen LogP contribution in [0.15, 0.2) is 39.0 Å². The molecule has 3 rings (SSSR count). The van der Waals surface area contributed by atoms with Gasteiger partial charge in [0.2, 0.25) is 0 Å². The minimum atomic E-state index is -0.309. The monoisotopic (exact) mass is 273 g/mol. The van der Waals surface area contributed by atoms with E-state index >= 15 is 0 Å². The Morgan fingerprint density at radius 2 is 2.11 bits per heavy atom. The molecule has 0 aliphatic rings. The summed E-state index contributed by atoms with van der Waals surface area (Å²) in [6.45, 7) is 3.68. The van der Waals surface area contributed by atoms with Crippen LogP contribution in [0.25, 0.3) is 11.0 Å². The number of fused-ring (bicyclic) bond motifs is 1. The summed E-state index contributed by atoms with van der Waals surface area (Å²) in [5, 5.41) is 3.32. The number of aryl methyl sites for hydroxylation is 1. The van der Waals surface area contributed by atoms with E-state index in [1.165, 1.54) is 11.3 Å². The van der Waals surface area contributed by atoms with Crippen molar-refractivity contribution >= 4 is 22.3 Å². The number of nitrogens with zero attached hydrogens (tertiary/aromatic N) is 1. The van der Waals surface area contributed by atoms with Crippen molar-refractivity contribution in [3.05, 3.63) is 51.3 Å². The Morgan fingerprint density at radius 3 is 2.84 bits per heavy atom. The van der Waals surface area contributed by atoms with Crippen molar-refractivity contribution < 1.29 is 9.15 Å². The molecule has 2 heterocycles. The highest BCUT2D eigenvalue weighted by atomic mass is 32.1. The summed E-state index contributed by atoms with van der Waals surface area (Å²) < 4.78 is 10.9. The van der Waals surface area contributed by atoms with Gasteiger partial charge in [0.05, 0.1) is 0 Å². The minimum Gasteiger partial charge on any atom is -0.431 e. The van der Waals surface area contributed by atoms with Gasteiger partial charge in [0, 0.05) is 28.6 Å². The normalized spacial score (nSPS) is 10.8. The zero-order valence-corrected chi connectivity index (χ0v) is 11.3. The molecule has 1 aromatic carbocycles. The van der Waals surface area contributed by atoms with Gasteiger partial charge in [-0.1, -0.05) is 11.3 Å². The van der Waals surface area contributed by atoms with Crippen LogP contribution in [0.5, 0.6) is 10.9 Å². The van der Waals surface area contributed by atoms with E-state index in [1.54, 1.807) is 19.2 Å². The molecule has 0 bridgehead atoms. The van der Waals surface area contributed by atoms with E-state index in [2.05, 4.69) is 4.98 Å². The van der Waals surface area contributed by atoms with Gasteiger partial charge in [-0.15, -0.1) is 0 Å². The molecule has 0 saturated carbocycles. The molecule has 96 valence electrons. The van der Waals surface area contributed by atoms with Gasteiger partial charge in [0.15, 0.2) is 0 Å². The Morgan fingerprint density at radius 1 is 1.26 bits per heavy atom. The fraction of sp³-hybridized carbons (Fsp3) is 0.143. The van der Waals surface area contributed by atoms with E-state index in [4.69, 9.17) is 9.15 Å². The number of ether oxygens (including phenoxy) is 1. The first-order valence-electron chi connectivity index (χ1n) is 5.76. The molecule has 3 aromatic rings. The highest BCUT2D eigenvalue weighted by molar-refractivity contribution is 7.11. The van der Waals surface area contributed by atoms with E-state index < -0.39 is 0 Å². The number of hydrogen-bond donors (Lipinski definition) is 0. The van der Waals surface area contributed by atoms with Crippen LogP contribution in [0.1, 0.15) is 11.1 Å². The first-order chi connectivity index (χ1) is 9.15. The minimum absolute atomic E-state index is 0.309. The number of rotatable bonds is 2. The summed E-state index contributed by atoms with van der Waals surface area (Å²) in [6, 6.07) is 5.45. The van der Waals surface area contributed by atoms with Gasteiger partial charge in [0.1, 0.15) is 11.3 Å². The van der Waals surface area contributed by atoms with Crippen molar-refractivity contribution in [1.82, 2.24) is 4.98 Å². The standard InChI is InChI=1S/C14H11NO3S/c1-8-9(2)13(16)18-12-7-10(3-4-11(8)12)17-14-15-5-6-19-14/h3-7H,1-2H3. The van der Waals surface area contributed by atoms with Gasteiger partial charge in [-0.3, -0.25) is 0 Å². The third kappa shape index (κ3) is 2.13. The molecule has 19 heavy (non-hydrogen) atoms. The van der Waals surface area contributed by atoms with E-state index in [-0.39, 0.29) is 5.63 Å². The lowest BCUT2D eigenvalue weighted by Crippen LogP contribution is -2.05. The van der Waals surface area contributed by atoms with Gasteiger partial charge in [-0.2, -0.15) is 0 Å². The SMILES string of the molecule is Cc1c(C)c2ccc(Oc3nccs3)cc2oc1=O. The Kier molecular flexibility index (Phi) is 2.83. The maximum atomic E-state index is 11.7. The number of aromatic nitrogens is 1. The average molecular weight is 273 g/mol. The fourth-order valence-corrected chi connectivity index (χ4v) is 2.36. The molecule has 0 radical (unpaired) electrons. The van der Waals surface area contributed by atoms with Crippen LogP contribution < -0.4 is 10.4 Å². The first-order valence-corrected chi connectivity index (χ1v) is 6.64. The summed E-state index contributed by atoms with van der Waals surface area (Å²) in [4.78, 5) is 15.7. The van der Waals surface area contributed by atoms with E-state index in [0.717, 1.165) is 10.9 Å². The van der Waals surface area contributed by atoms with E-state index in [9.17, 15) is 4.79 Å². The van der Waals surface area contributed by atoms with Crippen LogP contribution in [0, 0.1) is 13.8 Å². The summed E-state index contributed by atoms with van der Waals surface area (Å²) in [7, 11) is 0. The molecule has 0 N–H and O–H groups in total.